The number of amides is 1. The fourth-order valence-electron chi connectivity index (χ4n) is 5.22. The van der Waals surface area contributed by atoms with Crippen LogP contribution in [-0.4, -0.2) is 70.2 Å². The van der Waals surface area contributed by atoms with Crippen LogP contribution in [0, 0.1) is 5.92 Å². The first kappa shape index (κ1) is 36.0. The van der Waals surface area contributed by atoms with Crippen molar-refractivity contribution in [2.45, 2.75) is 98.4 Å². The molecule has 0 aromatic rings. The van der Waals surface area contributed by atoms with Crippen LogP contribution < -0.4 is 5.73 Å². The van der Waals surface area contributed by atoms with Gasteiger partial charge >= 0.3 is 0 Å². The maximum absolute atomic E-state index is 13.6. The average molecular weight is 558 g/mol. The van der Waals surface area contributed by atoms with Gasteiger partial charge in [0.05, 0.1) is 5.92 Å². The Hall–Kier alpha value is -0.950. The Balaban J connectivity index is 0.00000241. The molecule has 2 atom stereocenters. The molecule has 5 nitrogen and oxygen atoms in total. The summed E-state index contributed by atoms with van der Waals surface area (Å²) in [6.45, 7) is 16.7. The number of hydrogen-bond acceptors (Lipinski definition) is 4. The van der Waals surface area contributed by atoms with E-state index in [4.69, 9.17) is 17.3 Å². The monoisotopic (exact) mass is 557 g/mol. The van der Waals surface area contributed by atoms with E-state index in [-0.39, 0.29) is 11.8 Å². The molecule has 0 aromatic heterocycles. The van der Waals surface area contributed by atoms with E-state index < -0.39 is 10.8 Å². The summed E-state index contributed by atoms with van der Waals surface area (Å²) < 4.78 is 12.2. The maximum Gasteiger partial charge on any atom is 0.227 e. The minimum Gasteiger partial charge on any atom is -0.340 e. The van der Waals surface area contributed by atoms with Gasteiger partial charge in [-0.3, -0.25) is 13.9 Å². The summed E-state index contributed by atoms with van der Waals surface area (Å²) in [4.78, 5) is 18.2. The summed E-state index contributed by atoms with van der Waals surface area (Å²) in [7, 11) is -1.03. The fraction of sp³-hybridized carbons (Fsp3) is 0.767. The number of carbonyl (C=O) groups excluding carboxylic acids is 1. The van der Waals surface area contributed by atoms with Crippen LogP contribution in [-0.2, 0) is 15.6 Å². The van der Waals surface area contributed by atoms with Crippen molar-refractivity contribution in [2.75, 3.05) is 44.7 Å². The van der Waals surface area contributed by atoms with Crippen molar-refractivity contribution in [1.82, 2.24) is 9.80 Å². The largest absolute Gasteiger partial charge is 0.340 e. The minimum atomic E-state index is -1.03. The Morgan fingerprint density at radius 1 is 1.03 bits per heavy atom. The van der Waals surface area contributed by atoms with Crippen molar-refractivity contribution in [3.63, 3.8) is 0 Å². The lowest BCUT2D eigenvalue weighted by Crippen LogP contribution is -2.58. The lowest BCUT2D eigenvalue weighted by atomic mass is 9.81. The maximum atomic E-state index is 13.6. The summed E-state index contributed by atoms with van der Waals surface area (Å²) in [6, 6.07) is 0. The van der Waals surface area contributed by atoms with E-state index in [0.29, 0.717) is 17.7 Å². The van der Waals surface area contributed by atoms with E-state index >= 15 is 0 Å². The van der Waals surface area contributed by atoms with Crippen LogP contribution in [0.5, 0.6) is 0 Å². The zero-order valence-electron chi connectivity index (χ0n) is 24.9. The Labute approximate surface area is 236 Å². The minimum absolute atomic E-state index is 0.154. The van der Waals surface area contributed by atoms with Gasteiger partial charge in [0.15, 0.2) is 0 Å². The molecule has 216 valence electrons. The highest BCUT2D eigenvalue weighted by atomic mass is 35.5. The first-order valence-corrected chi connectivity index (χ1v) is 16.6. The van der Waals surface area contributed by atoms with Gasteiger partial charge in [-0.25, -0.2) is 0 Å². The predicted octanol–water partition coefficient (Wildman–Crippen LogP) is 6.65. The highest BCUT2D eigenvalue weighted by Gasteiger charge is 2.37. The van der Waals surface area contributed by atoms with Gasteiger partial charge in [0.2, 0.25) is 5.91 Å². The molecule has 7 heteroatoms. The molecule has 0 aromatic carbocycles. The summed E-state index contributed by atoms with van der Waals surface area (Å²) >= 11 is 5.88. The number of hydrogen-bond donors (Lipinski definition) is 1. The van der Waals surface area contributed by atoms with Crippen molar-refractivity contribution in [3.05, 3.63) is 34.9 Å². The number of allylic oxidation sites excluding steroid dienone is 5. The second-order valence-corrected chi connectivity index (χ2v) is 11.7. The number of nitrogens with zero attached hydrogens (tertiary/aromatic N) is 2. The van der Waals surface area contributed by atoms with Crippen LogP contribution in [0.2, 0.25) is 0 Å². The fourth-order valence-corrected chi connectivity index (χ4v) is 6.19. The number of piperazine rings is 1. The molecule has 1 aliphatic carbocycles. The molecule has 1 saturated heterocycles. The van der Waals surface area contributed by atoms with E-state index in [1.807, 2.05) is 31.7 Å². The third kappa shape index (κ3) is 13.1. The normalized spacial score (nSPS) is 20.4. The van der Waals surface area contributed by atoms with Gasteiger partial charge in [-0.2, -0.15) is 0 Å². The Morgan fingerprint density at radius 3 is 2.05 bits per heavy atom. The van der Waals surface area contributed by atoms with Crippen LogP contribution >= 0.6 is 11.6 Å². The predicted molar refractivity (Wildman–Crippen MR) is 165 cm³/mol. The van der Waals surface area contributed by atoms with Crippen molar-refractivity contribution >= 4 is 28.3 Å². The molecule has 2 aliphatic rings. The zero-order valence-corrected chi connectivity index (χ0v) is 26.4. The lowest BCUT2D eigenvalue weighted by molar-refractivity contribution is -0.137. The molecule has 1 heterocycles. The SMILES string of the molecule is CC.CCN.CC\C=C/C(CC(CS(C)=O)C(=O)N1CCN(C2(C)CCCCC2)CC1)=C(\C=C\Cl)CC. The summed E-state index contributed by atoms with van der Waals surface area (Å²) in [5.74, 6) is 0.294. The highest BCUT2D eigenvalue weighted by molar-refractivity contribution is 7.84. The molecule has 0 bridgehead atoms. The van der Waals surface area contributed by atoms with Crippen molar-refractivity contribution in [3.8, 4) is 0 Å². The Kier molecular flexibility index (Phi) is 20.4. The van der Waals surface area contributed by atoms with E-state index in [1.165, 1.54) is 32.1 Å². The van der Waals surface area contributed by atoms with Crippen LogP contribution in [0.4, 0.5) is 0 Å². The molecular formula is C30H56ClN3O2S. The standard InChI is InChI=1S/C26H43ClN2O2S.C2H7N.C2H6/c1-5-7-11-23(22(6-2)12-15-27)20-24(21-32(4)31)25(30)28-16-18-29(19-17-28)26(3)13-9-8-10-14-26;1-2-3;1-2/h7,11-12,15,24H,5-6,8-10,13-14,16-21H2,1-4H3;2-3H2,1H3;1-2H3/b11-7-,15-12+,23-22+;;. The molecule has 1 amide bonds. The summed E-state index contributed by atoms with van der Waals surface area (Å²) in [5, 5.41) is 0. The van der Waals surface area contributed by atoms with E-state index in [1.54, 1.807) is 11.8 Å². The third-order valence-electron chi connectivity index (χ3n) is 7.15. The van der Waals surface area contributed by atoms with Crippen molar-refractivity contribution in [1.29, 1.82) is 0 Å². The van der Waals surface area contributed by atoms with Crippen LogP contribution in [0.25, 0.3) is 0 Å². The van der Waals surface area contributed by atoms with Gasteiger partial charge in [0.1, 0.15) is 0 Å². The molecule has 1 aliphatic heterocycles. The van der Waals surface area contributed by atoms with Gasteiger partial charge in [-0.15, -0.1) is 0 Å². The van der Waals surface area contributed by atoms with Gasteiger partial charge in [-0.1, -0.05) is 77.6 Å². The van der Waals surface area contributed by atoms with Crippen LogP contribution in [0.1, 0.15) is 92.9 Å². The van der Waals surface area contributed by atoms with Crippen molar-refractivity contribution in [2.24, 2.45) is 11.7 Å². The molecule has 2 unspecified atom stereocenters. The number of carbonyl (C=O) groups is 1. The smallest absolute Gasteiger partial charge is 0.227 e. The van der Waals surface area contributed by atoms with E-state index in [0.717, 1.165) is 56.7 Å². The number of rotatable bonds is 10. The zero-order chi connectivity index (χ0) is 28.3. The molecule has 37 heavy (non-hydrogen) atoms. The van der Waals surface area contributed by atoms with Gasteiger partial charge in [-0.05, 0) is 62.8 Å². The quantitative estimate of drug-likeness (QED) is 0.305. The lowest BCUT2D eigenvalue weighted by Gasteiger charge is -2.48. The molecule has 2 fully saturated rings. The second-order valence-electron chi connectivity index (χ2n) is 9.93. The molecule has 0 spiro atoms. The van der Waals surface area contributed by atoms with Gasteiger partial charge in [0, 0.05) is 60.1 Å². The molecule has 1 saturated carbocycles. The van der Waals surface area contributed by atoms with Crippen LogP contribution in [0.3, 0.4) is 0 Å². The molecule has 2 rings (SSSR count). The average Bonchev–Trinajstić information content (AvgIpc) is 2.90. The Bertz CT molecular complexity index is 737. The number of halogens is 1. The van der Waals surface area contributed by atoms with Gasteiger partial charge in [0.25, 0.3) is 0 Å². The van der Waals surface area contributed by atoms with Gasteiger partial charge < -0.3 is 10.6 Å². The van der Waals surface area contributed by atoms with Crippen LogP contribution in [0.15, 0.2) is 34.9 Å². The Morgan fingerprint density at radius 2 is 1.59 bits per heavy atom. The van der Waals surface area contributed by atoms with E-state index in [9.17, 15) is 9.00 Å². The topological polar surface area (TPSA) is 66.6 Å². The summed E-state index contributed by atoms with van der Waals surface area (Å²) in [6.07, 6.45) is 16.8. The third-order valence-corrected chi connectivity index (χ3v) is 8.15. The number of nitrogens with two attached hydrogens (primary N) is 1. The molecule has 2 N–H and O–H groups in total. The van der Waals surface area contributed by atoms with E-state index in [2.05, 4.69) is 37.8 Å². The van der Waals surface area contributed by atoms with Crippen molar-refractivity contribution < 1.29 is 9.00 Å². The first-order valence-electron chi connectivity index (χ1n) is 14.4. The first-order chi connectivity index (χ1) is 17.8. The summed E-state index contributed by atoms with van der Waals surface area (Å²) in [5.41, 5.74) is 8.95. The second kappa shape index (κ2) is 20.9. The highest BCUT2D eigenvalue weighted by Crippen LogP contribution is 2.34. The molecular weight excluding hydrogens is 502 g/mol. The molecule has 0 radical (unpaired) electrons.